The molecule has 0 aliphatic carbocycles. The molecule has 6 nitrogen and oxygen atoms in total. The van der Waals surface area contributed by atoms with Crippen molar-refractivity contribution in [2.45, 2.75) is 18.8 Å². The normalized spacial score (nSPS) is 14.2. The maximum absolute atomic E-state index is 14.6. The highest BCUT2D eigenvalue weighted by Crippen LogP contribution is 2.25. The highest BCUT2D eigenvalue weighted by atomic mass is 35.5. The first-order chi connectivity index (χ1) is 14.0. The van der Waals surface area contributed by atoms with E-state index in [-0.39, 0.29) is 35.7 Å². The molecule has 1 aromatic heterocycles. The van der Waals surface area contributed by atoms with Gasteiger partial charge >= 0.3 is 0 Å². The average molecular weight is 434 g/mol. The Bertz CT molecular complexity index is 1030. The van der Waals surface area contributed by atoms with Gasteiger partial charge in [0.15, 0.2) is 5.82 Å². The van der Waals surface area contributed by atoms with Crippen molar-refractivity contribution in [3.63, 3.8) is 0 Å². The summed E-state index contributed by atoms with van der Waals surface area (Å²) < 4.78 is 29.1. The van der Waals surface area contributed by atoms with Crippen LogP contribution in [0.25, 0.3) is 11.1 Å². The van der Waals surface area contributed by atoms with E-state index in [9.17, 15) is 13.6 Å². The van der Waals surface area contributed by atoms with Gasteiger partial charge in [0, 0.05) is 13.0 Å². The minimum atomic E-state index is -0.662. The average Bonchev–Trinajstić information content (AvgIpc) is 3.09. The first kappa shape index (κ1) is 21.9. The van der Waals surface area contributed by atoms with E-state index in [1.807, 2.05) is 0 Å². The third-order valence-corrected chi connectivity index (χ3v) is 5.10. The lowest BCUT2D eigenvalue weighted by molar-refractivity contribution is 0.102. The Kier molecular flexibility index (Phi) is 6.79. The number of amides is 1. The number of halogens is 3. The quantitative estimate of drug-likeness (QED) is 0.654. The summed E-state index contributed by atoms with van der Waals surface area (Å²) >= 11 is 0. The number of piperidine rings is 1. The van der Waals surface area contributed by atoms with Crippen molar-refractivity contribution in [2.75, 3.05) is 18.4 Å². The molecule has 30 heavy (non-hydrogen) atoms. The molecule has 1 fully saturated rings. The summed E-state index contributed by atoms with van der Waals surface area (Å²) in [6.07, 6.45) is 1.88. The Morgan fingerprint density at radius 1 is 1.10 bits per heavy atom. The zero-order valence-corrected chi connectivity index (χ0v) is 17.2. The molecular formula is C21H22ClF2N5O. The van der Waals surface area contributed by atoms with Gasteiger partial charge in [-0.05, 0) is 61.3 Å². The van der Waals surface area contributed by atoms with Gasteiger partial charge in [0.2, 0.25) is 5.95 Å². The van der Waals surface area contributed by atoms with Gasteiger partial charge in [-0.1, -0.05) is 18.2 Å². The SMILES string of the molecule is Cl.Cn1nc(C2CCNCC2)nc1NC(=O)c1ccc(-c2ccc(F)cc2)cc1F. The second-order valence-corrected chi connectivity index (χ2v) is 7.10. The first-order valence-corrected chi connectivity index (χ1v) is 9.50. The van der Waals surface area contributed by atoms with E-state index in [0.29, 0.717) is 17.0 Å². The van der Waals surface area contributed by atoms with E-state index in [2.05, 4.69) is 20.7 Å². The van der Waals surface area contributed by atoms with Crippen LogP contribution in [-0.4, -0.2) is 33.8 Å². The Hall–Kier alpha value is -2.84. The van der Waals surface area contributed by atoms with Crippen LogP contribution in [0.2, 0.25) is 0 Å². The fourth-order valence-electron chi connectivity index (χ4n) is 3.46. The van der Waals surface area contributed by atoms with Crippen molar-refractivity contribution >= 4 is 24.3 Å². The zero-order valence-electron chi connectivity index (χ0n) is 16.4. The Morgan fingerprint density at radius 3 is 2.43 bits per heavy atom. The molecule has 0 saturated carbocycles. The molecular weight excluding hydrogens is 412 g/mol. The number of hydrogen-bond acceptors (Lipinski definition) is 4. The maximum Gasteiger partial charge on any atom is 0.260 e. The van der Waals surface area contributed by atoms with Crippen LogP contribution in [0.4, 0.5) is 14.7 Å². The van der Waals surface area contributed by atoms with E-state index in [0.717, 1.165) is 25.9 Å². The van der Waals surface area contributed by atoms with Gasteiger partial charge in [-0.25, -0.2) is 13.5 Å². The molecule has 0 spiro atoms. The Labute approximate surface area is 179 Å². The van der Waals surface area contributed by atoms with Gasteiger partial charge in [-0.2, -0.15) is 10.1 Å². The number of rotatable bonds is 4. The van der Waals surface area contributed by atoms with Crippen LogP contribution in [0.15, 0.2) is 42.5 Å². The lowest BCUT2D eigenvalue weighted by Gasteiger charge is -2.19. The largest absolute Gasteiger partial charge is 0.317 e. The molecule has 0 radical (unpaired) electrons. The molecule has 0 unspecified atom stereocenters. The second kappa shape index (κ2) is 9.32. The molecule has 2 aromatic carbocycles. The number of benzene rings is 2. The summed E-state index contributed by atoms with van der Waals surface area (Å²) in [5, 5.41) is 10.3. The van der Waals surface area contributed by atoms with Gasteiger partial charge in [0.1, 0.15) is 11.6 Å². The molecule has 1 aliphatic rings. The van der Waals surface area contributed by atoms with Gasteiger partial charge in [0.25, 0.3) is 5.91 Å². The van der Waals surface area contributed by atoms with Gasteiger partial charge in [-0.3, -0.25) is 10.1 Å². The van der Waals surface area contributed by atoms with Crippen molar-refractivity contribution in [1.29, 1.82) is 0 Å². The lowest BCUT2D eigenvalue weighted by atomic mass is 9.98. The molecule has 0 bridgehead atoms. The van der Waals surface area contributed by atoms with Crippen LogP contribution in [0.5, 0.6) is 0 Å². The van der Waals surface area contributed by atoms with Gasteiger partial charge in [0.05, 0.1) is 5.56 Å². The van der Waals surface area contributed by atoms with Crippen LogP contribution in [-0.2, 0) is 7.05 Å². The molecule has 1 amide bonds. The van der Waals surface area contributed by atoms with Crippen molar-refractivity contribution < 1.29 is 13.6 Å². The first-order valence-electron chi connectivity index (χ1n) is 9.50. The highest BCUT2D eigenvalue weighted by molar-refractivity contribution is 6.03. The number of aryl methyl sites for hydroxylation is 1. The van der Waals surface area contributed by atoms with Crippen molar-refractivity contribution in [2.24, 2.45) is 7.05 Å². The van der Waals surface area contributed by atoms with E-state index >= 15 is 0 Å². The number of hydrogen-bond donors (Lipinski definition) is 2. The van der Waals surface area contributed by atoms with Gasteiger partial charge < -0.3 is 5.32 Å². The minimum Gasteiger partial charge on any atom is -0.317 e. The monoisotopic (exact) mass is 433 g/mol. The maximum atomic E-state index is 14.6. The lowest BCUT2D eigenvalue weighted by Crippen LogP contribution is -2.27. The standard InChI is InChI=1S/C21H21F2N5O.ClH/c1-28-21(25-19(27-28)14-8-10-24-11-9-14)26-20(29)17-7-4-15(12-18(17)23)13-2-5-16(22)6-3-13;/h2-7,12,14,24H,8-11H2,1H3,(H,25,26,27,29);1H. The zero-order chi connectivity index (χ0) is 20.4. The molecule has 9 heteroatoms. The predicted molar refractivity (Wildman–Crippen MR) is 113 cm³/mol. The summed E-state index contributed by atoms with van der Waals surface area (Å²) in [4.78, 5) is 17.0. The highest BCUT2D eigenvalue weighted by Gasteiger charge is 2.22. The minimum absolute atomic E-state index is 0. The van der Waals surface area contributed by atoms with E-state index < -0.39 is 11.7 Å². The van der Waals surface area contributed by atoms with E-state index in [4.69, 9.17) is 0 Å². The number of nitrogens with zero attached hydrogens (tertiary/aromatic N) is 3. The topological polar surface area (TPSA) is 71.8 Å². The number of anilines is 1. The molecule has 0 atom stereocenters. The summed E-state index contributed by atoms with van der Waals surface area (Å²) in [5.41, 5.74) is 1.13. The molecule has 158 valence electrons. The van der Waals surface area contributed by atoms with Crippen LogP contribution < -0.4 is 10.6 Å². The molecule has 2 N–H and O–H groups in total. The predicted octanol–water partition coefficient (Wildman–Crippen LogP) is 3.90. The summed E-state index contributed by atoms with van der Waals surface area (Å²) in [7, 11) is 1.70. The van der Waals surface area contributed by atoms with Crippen LogP contribution >= 0.6 is 12.4 Å². The molecule has 3 aromatic rings. The summed E-state index contributed by atoms with van der Waals surface area (Å²) in [6.45, 7) is 1.83. The molecule has 1 aliphatic heterocycles. The van der Waals surface area contributed by atoms with Crippen molar-refractivity contribution in [3.05, 3.63) is 65.5 Å². The van der Waals surface area contributed by atoms with Crippen LogP contribution in [0.3, 0.4) is 0 Å². The number of carbonyl (C=O) groups excluding carboxylic acids is 1. The van der Waals surface area contributed by atoms with Crippen molar-refractivity contribution in [1.82, 2.24) is 20.1 Å². The Morgan fingerprint density at radius 2 is 1.77 bits per heavy atom. The molecule has 4 rings (SSSR count). The summed E-state index contributed by atoms with van der Waals surface area (Å²) in [5.74, 6) is -0.398. The Balaban J connectivity index is 0.00000256. The number of carbonyl (C=O) groups is 1. The third kappa shape index (κ3) is 4.66. The summed E-state index contributed by atoms with van der Waals surface area (Å²) in [6, 6.07) is 10.0. The number of nitrogens with one attached hydrogen (secondary N) is 2. The fourth-order valence-corrected chi connectivity index (χ4v) is 3.46. The smallest absolute Gasteiger partial charge is 0.260 e. The van der Waals surface area contributed by atoms with Crippen LogP contribution in [0, 0.1) is 11.6 Å². The molecule has 1 saturated heterocycles. The van der Waals surface area contributed by atoms with E-state index in [1.54, 1.807) is 25.2 Å². The third-order valence-electron chi connectivity index (χ3n) is 5.10. The van der Waals surface area contributed by atoms with Crippen LogP contribution in [0.1, 0.15) is 34.9 Å². The van der Waals surface area contributed by atoms with E-state index in [1.165, 1.54) is 28.9 Å². The number of aromatic nitrogens is 3. The molecule has 2 heterocycles. The fraction of sp³-hybridized carbons (Fsp3) is 0.286. The van der Waals surface area contributed by atoms with Crippen molar-refractivity contribution in [3.8, 4) is 11.1 Å². The van der Waals surface area contributed by atoms with Gasteiger partial charge in [-0.15, -0.1) is 12.4 Å². The second-order valence-electron chi connectivity index (χ2n) is 7.10.